The van der Waals surface area contributed by atoms with Gasteiger partial charge in [-0.3, -0.25) is 9.78 Å². The van der Waals surface area contributed by atoms with Gasteiger partial charge in [-0.25, -0.2) is 0 Å². The third kappa shape index (κ3) is 7.00. The van der Waals surface area contributed by atoms with Gasteiger partial charge in [-0.05, 0) is 25.3 Å². The van der Waals surface area contributed by atoms with Crippen molar-refractivity contribution in [2.24, 2.45) is 0 Å². The van der Waals surface area contributed by atoms with E-state index in [9.17, 15) is 4.79 Å². The Balaban J connectivity index is 0.000000560. The van der Waals surface area contributed by atoms with Gasteiger partial charge < -0.3 is 12.5 Å². The number of carbonyl (C=O) groups excluding carboxylic acids is 1. The van der Waals surface area contributed by atoms with Gasteiger partial charge in [0.25, 0.3) is 0 Å². The molecule has 0 fully saturated rings. The van der Waals surface area contributed by atoms with Crippen LogP contribution in [0.15, 0.2) is 78.7 Å². The SMILES string of the molecule is CC(=O)C=C(C)O.[CH3-].[Ir].c1ccc(-c2nccc3ccccc23)cc1. The number of rotatable bonds is 2. The number of ketones is 1. The molecule has 3 nitrogen and oxygen atoms in total. The summed E-state index contributed by atoms with van der Waals surface area (Å²) in [5, 5.41) is 10.8. The molecule has 0 aliphatic rings. The Hall–Kier alpha value is -2.29. The number of carbonyl (C=O) groups is 1. The molecule has 1 N–H and O–H groups in total. The number of hydrogen-bond donors (Lipinski definition) is 1. The van der Waals surface area contributed by atoms with Gasteiger partial charge >= 0.3 is 0 Å². The predicted octanol–water partition coefficient (Wildman–Crippen LogP) is 5.39. The Morgan fingerprint density at radius 2 is 1.56 bits per heavy atom. The van der Waals surface area contributed by atoms with Gasteiger partial charge in [0.1, 0.15) is 0 Å². The van der Waals surface area contributed by atoms with Crippen LogP contribution in [0.5, 0.6) is 0 Å². The van der Waals surface area contributed by atoms with Gasteiger partial charge in [-0.2, -0.15) is 0 Å². The van der Waals surface area contributed by atoms with Gasteiger partial charge in [0, 0.05) is 43.3 Å². The van der Waals surface area contributed by atoms with Gasteiger partial charge in [0.2, 0.25) is 0 Å². The summed E-state index contributed by atoms with van der Waals surface area (Å²) in [6.45, 7) is 2.85. The van der Waals surface area contributed by atoms with Crippen molar-refractivity contribution in [1.29, 1.82) is 0 Å². The fourth-order valence-electron chi connectivity index (χ4n) is 2.24. The molecule has 1 radical (unpaired) electrons. The Kier molecular flexibility index (Phi) is 10.3. The van der Waals surface area contributed by atoms with Crippen LogP contribution in [-0.4, -0.2) is 15.9 Å². The summed E-state index contributed by atoms with van der Waals surface area (Å²) in [7, 11) is 0. The largest absolute Gasteiger partial charge is 0.512 e. The molecule has 0 saturated heterocycles. The van der Waals surface area contributed by atoms with Crippen molar-refractivity contribution in [1.82, 2.24) is 4.98 Å². The van der Waals surface area contributed by atoms with Crippen molar-refractivity contribution in [2.75, 3.05) is 0 Å². The van der Waals surface area contributed by atoms with E-state index in [1.807, 2.05) is 30.5 Å². The molecule has 0 saturated carbocycles. The number of aromatic nitrogens is 1. The van der Waals surface area contributed by atoms with E-state index in [-0.39, 0.29) is 39.1 Å². The Bertz CT molecular complexity index is 820. The topological polar surface area (TPSA) is 50.2 Å². The van der Waals surface area contributed by atoms with E-state index in [4.69, 9.17) is 5.11 Å². The summed E-state index contributed by atoms with van der Waals surface area (Å²) in [5.41, 5.74) is 2.22. The Morgan fingerprint density at radius 3 is 2.12 bits per heavy atom. The first-order chi connectivity index (χ1) is 11.1. The van der Waals surface area contributed by atoms with Crippen LogP contribution in [0, 0.1) is 7.43 Å². The molecule has 4 heteroatoms. The zero-order valence-corrected chi connectivity index (χ0v) is 17.0. The molecule has 0 atom stereocenters. The first-order valence-electron chi connectivity index (χ1n) is 7.35. The molecular formula is C21H22IrNO2-. The maximum Gasteiger partial charge on any atom is 0.155 e. The van der Waals surface area contributed by atoms with Crippen LogP contribution >= 0.6 is 0 Å². The Labute approximate surface area is 162 Å². The molecule has 3 rings (SSSR count). The van der Waals surface area contributed by atoms with Crippen LogP contribution in [0.4, 0.5) is 0 Å². The van der Waals surface area contributed by atoms with E-state index in [0.29, 0.717) is 0 Å². The first-order valence-corrected chi connectivity index (χ1v) is 7.35. The van der Waals surface area contributed by atoms with Gasteiger partial charge in [-0.15, -0.1) is 0 Å². The second-order valence-electron chi connectivity index (χ2n) is 5.14. The maximum atomic E-state index is 10.0. The van der Waals surface area contributed by atoms with Gasteiger partial charge in [-0.1, -0.05) is 54.6 Å². The van der Waals surface area contributed by atoms with Crippen LogP contribution in [-0.2, 0) is 24.9 Å². The molecule has 0 aliphatic heterocycles. The molecule has 25 heavy (non-hydrogen) atoms. The third-order valence-electron chi connectivity index (χ3n) is 3.13. The normalized spacial score (nSPS) is 9.92. The van der Waals surface area contributed by atoms with Crippen LogP contribution in [0.3, 0.4) is 0 Å². The van der Waals surface area contributed by atoms with Crippen molar-refractivity contribution in [2.45, 2.75) is 13.8 Å². The number of benzene rings is 2. The fourth-order valence-corrected chi connectivity index (χ4v) is 2.24. The molecule has 133 valence electrons. The number of aliphatic hydroxyl groups excluding tert-OH is 1. The average Bonchev–Trinajstić information content (AvgIpc) is 2.54. The number of allylic oxidation sites excluding steroid dienone is 2. The zero-order chi connectivity index (χ0) is 16.7. The average molecular weight is 513 g/mol. The van der Waals surface area contributed by atoms with Crippen molar-refractivity contribution in [3.63, 3.8) is 0 Å². The molecule has 3 aromatic rings. The summed E-state index contributed by atoms with van der Waals surface area (Å²) >= 11 is 0. The van der Waals surface area contributed by atoms with Crippen molar-refractivity contribution in [3.8, 4) is 11.3 Å². The van der Waals surface area contributed by atoms with Crippen molar-refractivity contribution in [3.05, 3.63) is 86.1 Å². The molecule has 0 bridgehead atoms. The molecule has 1 heterocycles. The predicted molar refractivity (Wildman–Crippen MR) is 101 cm³/mol. The number of hydrogen-bond acceptors (Lipinski definition) is 3. The fraction of sp³-hybridized carbons (Fsp3) is 0.0952. The summed E-state index contributed by atoms with van der Waals surface area (Å²) in [5.74, 6) is -0.0625. The van der Waals surface area contributed by atoms with Gasteiger partial charge in [0.15, 0.2) is 5.78 Å². The second kappa shape index (κ2) is 11.3. The maximum absolute atomic E-state index is 10.0. The number of fused-ring (bicyclic) bond motifs is 1. The van der Waals surface area contributed by atoms with E-state index in [1.54, 1.807) is 0 Å². The minimum atomic E-state index is -0.125. The molecule has 1 aromatic heterocycles. The van der Waals surface area contributed by atoms with Crippen molar-refractivity contribution < 1.29 is 30.0 Å². The number of pyridine rings is 1. The summed E-state index contributed by atoms with van der Waals surface area (Å²) < 4.78 is 0. The van der Waals surface area contributed by atoms with Gasteiger partial charge in [0.05, 0.1) is 11.5 Å². The minimum Gasteiger partial charge on any atom is -0.512 e. The van der Waals surface area contributed by atoms with Crippen LogP contribution in [0.25, 0.3) is 22.0 Å². The van der Waals surface area contributed by atoms with E-state index in [1.165, 1.54) is 36.3 Å². The molecule has 0 amide bonds. The molecule has 0 spiro atoms. The summed E-state index contributed by atoms with van der Waals surface area (Å²) in [6, 6.07) is 20.7. The number of aliphatic hydroxyl groups is 1. The van der Waals surface area contributed by atoms with E-state index < -0.39 is 0 Å². The molecular weight excluding hydrogens is 490 g/mol. The third-order valence-corrected chi connectivity index (χ3v) is 3.13. The molecule has 0 unspecified atom stereocenters. The summed E-state index contributed by atoms with van der Waals surface area (Å²) in [4.78, 5) is 14.5. The second-order valence-corrected chi connectivity index (χ2v) is 5.14. The van der Waals surface area contributed by atoms with Crippen LogP contribution < -0.4 is 0 Å². The van der Waals surface area contributed by atoms with E-state index >= 15 is 0 Å². The monoisotopic (exact) mass is 513 g/mol. The smallest absolute Gasteiger partial charge is 0.155 e. The quantitative estimate of drug-likeness (QED) is 0.285. The van der Waals surface area contributed by atoms with Crippen LogP contribution in [0.2, 0.25) is 0 Å². The first kappa shape index (κ1) is 22.7. The van der Waals surface area contributed by atoms with Crippen molar-refractivity contribution >= 4 is 16.6 Å². The minimum absolute atomic E-state index is 0. The number of nitrogens with zero attached hydrogens (tertiary/aromatic N) is 1. The van der Waals surface area contributed by atoms with E-state index in [2.05, 4.69) is 41.4 Å². The standard InChI is InChI=1S/C15H11N.C5H8O2.CH3.Ir/c1-2-7-13(8-3-1)15-14-9-5-4-6-12(14)10-11-16-15;1-4(6)3-5(2)7;;/h1-11H;3,6H,1-2H3;1H3;/q;;-1;. The van der Waals surface area contributed by atoms with E-state index in [0.717, 1.165) is 5.69 Å². The molecule has 2 aromatic carbocycles. The van der Waals surface area contributed by atoms with Crippen LogP contribution in [0.1, 0.15) is 13.8 Å². The Morgan fingerprint density at radius 1 is 0.960 bits per heavy atom. The summed E-state index contributed by atoms with van der Waals surface area (Å²) in [6.07, 6.45) is 3.03. The molecule has 0 aliphatic carbocycles. The zero-order valence-electron chi connectivity index (χ0n) is 14.6.